The molecule has 0 spiro atoms. The summed E-state index contributed by atoms with van der Waals surface area (Å²) >= 11 is 0. The first-order valence-corrected chi connectivity index (χ1v) is 5.76. The number of carbonyl (C=O) groups excluding carboxylic acids is 1. The number of halogens is 1. The van der Waals surface area contributed by atoms with Crippen molar-refractivity contribution in [2.24, 2.45) is 5.92 Å². The van der Waals surface area contributed by atoms with Crippen molar-refractivity contribution < 1.29 is 9.21 Å². The minimum Gasteiger partial charge on any atom is -0.459 e. The summed E-state index contributed by atoms with van der Waals surface area (Å²) in [5.41, 5.74) is 0. The molecule has 2 N–H and O–H groups in total. The van der Waals surface area contributed by atoms with Crippen LogP contribution in [0.2, 0.25) is 0 Å². The fourth-order valence-corrected chi connectivity index (χ4v) is 2.24. The summed E-state index contributed by atoms with van der Waals surface area (Å²) in [6.07, 6.45) is 2.61. The first-order chi connectivity index (χ1) is 7.68. The molecule has 17 heavy (non-hydrogen) atoms. The lowest BCUT2D eigenvalue weighted by Gasteiger charge is -2.35. The number of rotatable bonds is 2. The van der Waals surface area contributed by atoms with E-state index in [1.165, 1.54) is 6.26 Å². The lowest BCUT2D eigenvalue weighted by atomic mass is 9.89. The van der Waals surface area contributed by atoms with Crippen LogP contribution in [0.25, 0.3) is 0 Å². The molecule has 1 aliphatic heterocycles. The third kappa shape index (κ3) is 3.23. The van der Waals surface area contributed by atoms with Crippen molar-refractivity contribution in [3.8, 4) is 0 Å². The van der Waals surface area contributed by atoms with E-state index in [-0.39, 0.29) is 24.4 Å². The maximum atomic E-state index is 11.8. The van der Waals surface area contributed by atoms with Crippen LogP contribution in [0, 0.1) is 5.92 Å². The van der Waals surface area contributed by atoms with E-state index < -0.39 is 0 Å². The summed E-state index contributed by atoms with van der Waals surface area (Å²) in [6.45, 7) is 5.29. The monoisotopic (exact) mass is 258 g/mol. The van der Waals surface area contributed by atoms with Gasteiger partial charge in [-0.05, 0) is 37.9 Å². The Morgan fingerprint density at radius 3 is 2.88 bits per heavy atom. The molecule has 1 fully saturated rings. The number of furan rings is 1. The van der Waals surface area contributed by atoms with Crippen molar-refractivity contribution >= 4 is 18.3 Å². The normalized spacial score (nSPS) is 28.2. The van der Waals surface area contributed by atoms with Crippen LogP contribution in [0.15, 0.2) is 22.8 Å². The Morgan fingerprint density at radius 2 is 2.29 bits per heavy atom. The molecule has 1 aliphatic rings. The summed E-state index contributed by atoms with van der Waals surface area (Å²) in [5.74, 6) is 0.748. The van der Waals surface area contributed by atoms with E-state index in [0.717, 1.165) is 13.0 Å². The van der Waals surface area contributed by atoms with E-state index >= 15 is 0 Å². The van der Waals surface area contributed by atoms with Crippen LogP contribution in [-0.4, -0.2) is 24.5 Å². The molecule has 1 amide bonds. The van der Waals surface area contributed by atoms with Crippen molar-refractivity contribution in [3.63, 3.8) is 0 Å². The Labute approximate surface area is 108 Å². The molecule has 0 aromatic carbocycles. The van der Waals surface area contributed by atoms with Gasteiger partial charge < -0.3 is 15.1 Å². The van der Waals surface area contributed by atoms with Crippen molar-refractivity contribution in [2.75, 3.05) is 6.54 Å². The molecule has 4 nitrogen and oxygen atoms in total. The molecule has 0 saturated carbocycles. The number of hydrogen-bond donors (Lipinski definition) is 2. The maximum Gasteiger partial charge on any atom is 0.287 e. The minimum absolute atomic E-state index is 0. The minimum atomic E-state index is -0.127. The van der Waals surface area contributed by atoms with Crippen LogP contribution >= 0.6 is 12.4 Å². The topological polar surface area (TPSA) is 54.3 Å². The number of piperidine rings is 1. The van der Waals surface area contributed by atoms with Crippen LogP contribution in [0.5, 0.6) is 0 Å². The highest BCUT2D eigenvalue weighted by Gasteiger charge is 2.29. The quantitative estimate of drug-likeness (QED) is 0.851. The van der Waals surface area contributed by atoms with Gasteiger partial charge in [0.15, 0.2) is 5.76 Å². The predicted molar refractivity (Wildman–Crippen MR) is 68.5 cm³/mol. The molecule has 0 aliphatic carbocycles. The number of carbonyl (C=O) groups is 1. The Kier molecular flexibility index (Phi) is 5.02. The smallest absolute Gasteiger partial charge is 0.287 e. The molecule has 1 saturated heterocycles. The van der Waals surface area contributed by atoms with Gasteiger partial charge in [-0.3, -0.25) is 4.79 Å². The zero-order valence-electron chi connectivity index (χ0n) is 10.1. The molecular formula is C12H19ClN2O2. The summed E-state index contributed by atoms with van der Waals surface area (Å²) in [4.78, 5) is 11.8. The Bertz CT molecular complexity index is 343. The van der Waals surface area contributed by atoms with Crippen LogP contribution in [0.3, 0.4) is 0 Å². The Balaban J connectivity index is 0.00000144. The van der Waals surface area contributed by atoms with Gasteiger partial charge in [-0.1, -0.05) is 6.92 Å². The molecule has 5 heteroatoms. The maximum absolute atomic E-state index is 11.8. The standard InChI is InChI=1S/C12H18N2O2.ClH/c1-8-5-6-13-9(2)11(8)14-12(15)10-4-3-7-16-10;/h3-4,7-9,11,13H,5-6H2,1-2H3,(H,14,15);1H. The highest BCUT2D eigenvalue weighted by molar-refractivity contribution is 5.91. The van der Waals surface area contributed by atoms with Crippen LogP contribution in [-0.2, 0) is 0 Å². The van der Waals surface area contributed by atoms with E-state index in [1.54, 1.807) is 12.1 Å². The van der Waals surface area contributed by atoms with Crippen LogP contribution in [0.4, 0.5) is 0 Å². The first-order valence-electron chi connectivity index (χ1n) is 5.76. The van der Waals surface area contributed by atoms with Crippen molar-refractivity contribution in [1.82, 2.24) is 10.6 Å². The van der Waals surface area contributed by atoms with Gasteiger partial charge in [0.2, 0.25) is 0 Å². The number of hydrogen-bond acceptors (Lipinski definition) is 3. The van der Waals surface area contributed by atoms with E-state index in [0.29, 0.717) is 17.7 Å². The second kappa shape index (κ2) is 6.07. The highest BCUT2D eigenvalue weighted by Crippen LogP contribution is 2.16. The zero-order chi connectivity index (χ0) is 11.5. The third-order valence-electron chi connectivity index (χ3n) is 3.26. The summed E-state index contributed by atoms with van der Waals surface area (Å²) in [6, 6.07) is 3.89. The van der Waals surface area contributed by atoms with Gasteiger partial charge in [-0.2, -0.15) is 0 Å². The van der Waals surface area contributed by atoms with Gasteiger partial charge >= 0.3 is 0 Å². The lowest BCUT2D eigenvalue weighted by molar-refractivity contribution is 0.0869. The predicted octanol–water partition coefficient (Wildman–Crippen LogP) is 1.82. The Morgan fingerprint density at radius 1 is 1.53 bits per heavy atom. The van der Waals surface area contributed by atoms with E-state index in [2.05, 4.69) is 24.5 Å². The lowest BCUT2D eigenvalue weighted by Crippen LogP contribution is -2.55. The third-order valence-corrected chi connectivity index (χ3v) is 3.26. The molecular weight excluding hydrogens is 240 g/mol. The second-order valence-corrected chi connectivity index (χ2v) is 4.49. The second-order valence-electron chi connectivity index (χ2n) is 4.49. The summed E-state index contributed by atoms with van der Waals surface area (Å²) in [5, 5.41) is 6.39. The molecule has 2 heterocycles. The molecule has 3 atom stereocenters. The van der Waals surface area contributed by atoms with Gasteiger partial charge in [0.1, 0.15) is 0 Å². The van der Waals surface area contributed by atoms with E-state index in [1.807, 2.05) is 0 Å². The van der Waals surface area contributed by atoms with Gasteiger partial charge in [0.05, 0.1) is 6.26 Å². The van der Waals surface area contributed by atoms with Crippen molar-refractivity contribution in [3.05, 3.63) is 24.2 Å². The molecule has 0 radical (unpaired) electrons. The van der Waals surface area contributed by atoms with Crippen molar-refractivity contribution in [2.45, 2.75) is 32.4 Å². The number of amides is 1. The van der Waals surface area contributed by atoms with Gasteiger partial charge in [0, 0.05) is 12.1 Å². The molecule has 2 rings (SSSR count). The molecule has 96 valence electrons. The first kappa shape index (κ1) is 14.1. The van der Waals surface area contributed by atoms with Gasteiger partial charge in [-0.25, -0.2) is 0 Å². The molecule has 3 unspecified atom stereocenters. The fraction of sp³-hybridized carbons (Fsp3) is 0.583. The largest absolute Gasteiger partial charge is 0.459 e. The van der Waals surface area contributed by atoms with Crippen LogP contribution < -0.4 is 10.6 Å². The zero-order valence-corrected chi connectivity index (χ0v) is 10.9. The fourth-order valence-electron chi connectivity index (χ4n) is 2.24. The average molecular weight is 259 g/mol. The molecule has 1 aromatic heterocycles. The molecule has 0 bridgehead atoms. The highest BCUT2D eigenvalue weighted by atomic mass is 35.5. The average Bonchev–Trinajstić information content (AvgIpc) is 2.76. The van der Waals surface area contributed by atoms with E-state index in [9.17, 15) is 4.79 Å². The summed E-state index contributed by atoms with van der Waals surface area (Å²) in [7, 11) is 0. The van der Waals surface area contributed by atoms with Gasteiger partial charge in [-0.15, -0.1) is 12.4 Å². The van der Waals surface area contributed by atoms with Crippen molar-refractivity contribution in [1.29, 1.82) is 0 Å². The SMILES string of the molecule is CC1CCNC(C)C1NC(=O)c1ccco1.Cl. The van der Waals surface area contributed by atoms with E-state index in [4.69, 9.17) is 4.42 Å². The van der Waals surface area contributed by atoms with Crippen LogP contribution in [0.1, 0.15) is 30.8 Å². The Hall–Kier alpha value is -1.00. The molecule has 1 aromatic rings. The number of nitrogens with one attached hydrogen (secondary N) is 2. The van der Waals surface area contributed by atoms with Gasteiger partial charge in [0.25, 0.3) is 5.91 Å². The summed E-state index contributed by atoms with van der Waals surface area (Å²) < 4.78 is 5.07.